The summed E-state index contributed by atoms with van der Waals surface area (Å²) in [6.45, 7) is 4.65. The van der Waals surface area contributed by atoms with Crippen LogP contribution in [0.1, 0.15) is 96.5 Å². The molecule has 0 heterocycles. The number of allylic oxidation sites excluding steroid dienone is 2. The highest BCUT2D eigenvalue weighted by molar-refractivity contribution is 9.10. The topological polar surface area (TPSA) is 0 Å². The standard InChI is InChI=1S/C25H37Br/c1-3-4-5-6-20-7-9-23(10-8-20)24-13-11-21(12-14-24)19(2)22-15-17-25(26)18-16-22/h15-18,20,23-24H,3-14H2,1-2H3. The van der Waals surface area contributed by atoms with Gasteiger partial charge in [-0.3, -0.25) is 0 Å². The van der Waals surface area contributed by atoms with E-state index in [1.54, 1.807) is 5.57 Å². The summed E-state index contributed by atoms with van der Waals surface area (Å²) in [5.41, 5.74) is 4.67. The summed E-state index contributed by atoms with van der Waals surface area (Å²) in [4.78, 5) is 0. The van der Waals surface area contributed by atoms with Crippen LogP contribution in [0.2, 0.25) is 0 Å². The van der Waals surface area contributed by atoms with Crippen LogP contribution in [0.3, 0.4) is 0 Å². The van der Waals surface area contributed by atoms with Gasteiger partial charge in [-0.1, -0.05) is 79.1 Å². The average Bonchev–Trinajstić information content (AvgIpc) is 2.69. The fraction of sp³-hybridized carbons (Fsp3) is 0.680. The van der Waals surface area contributed by atoms with Crippen LogP contribution in [0.5, 0.6) is 0 Å². The van der Waals surface area contributed by atoms with Crippen molar-refractivity contribution in [2.75, 3.05) is 0 Å². The van der Waals surface area contributed by atoms with Gasteiger partial charge in [0.2, 0.25) is 0 Å². The maximum Gasteiger partial charge on any atom is 0.0175 e. The monoisotopic (exact) mass is 416 g/mol. The summed E-state index contributed by atoms with van der Waals surface area (Å²) in [5.74, 6) is 3.09. The lowest BCUT2D eigenvalue weighted by Gasteiger charge is -2.37. The maximum absolute atomic E-state index is 3.55. The second-order valence-corrected chi connectivity index (χ2v) is 9.77. The van der Waals surface area contributed by atoms with Gasteiger partial charge in [-0.05, 0) is 86.5 Å². The van der Waals surface area contributed by atoms with Crippen LogP contribution in [0.15, 0.2) is 34.3 Å². The second kappa shape index (κ2) is 10.1. The van der Waals surface area contributed by atoms with Gasteiger partial charge < -0.3 is 0 Å². The summed E-state index contributed by atoms with van der Waals surface area (Å²) >= 11 is 3.55. The summed E-state index contributed by atoms with van der Waals surface area (Å²) in [5, 5.41) is 0. The molecule has 0 N–H and O–H groups in total. The Balaban J connectivity index is 1.47. The van der Waals surface area contributed by atoms with E-state index in [0.717, 1.165) is 17.8 Å². The van der Waals surface area contributed by atoms with Gasteiger partial charge in [0.25, 0.3) is 0 Å². The van der Waals surface area contributed by atoms with E-state index in [-0.39, 0.29) is 0 Å². The van der Waals surface area contributed by atoms with Crippen LogP contribution in [-0.2, 0) is 0 Å². The van der Waals surface area contributed by atoms with E-state index >= 15 is 0 Å². The Kier molecular flexibility index (Phi) is 7.85. The molecule has 0 saturated heterocycles. The van der Waals surface area contributed by atoms with Crippen LogP contribution in [0.4, 0.5) is 0 Å². The molecule has 2 aliphatic carbocycles. The molecule has 0 unspecified atom stereocenters. The molecule has 0 nitrogen and oxygen atoms in total. The molecule has 0 atom stereocenters. The Bertz CT molecular complexity index is 565. The van der Waals surface area contributed by atoms with E-state index in [9.17, 15) is 0 Å². The molecular formula is C25H37Br. The molecule has 2 aliphatic rings. The third-order valence-corrected chi connectivity index (χ3v) is 7.74. The summed E-state index contributed by atoms with van der Waals surface area (Å²) in [6.07, 6.45) is 17.4. The number of halogens is 1. The van der Waals surface area contributed by atoms with Crippen molar-refractivity contribution in [1.82, 2.24) is 0 Å². The van der Waals surface area contributed by atoms with E-state index in [1.807, 2.05) is 0 Å². The molecule has 2 fully saturated rings. The zero-order valence-electron chi connectivity index (χ0n) is 16.9. The van der Waals surface area contributed by atoms with Crippen molar-refractivity contribution in [2.24, 2.45) is 17.8 Å². The first kappa shape index (κ1) is 20.2. The van der Waals surface area contributed by atoms with Crippen LogP contribution in [0.25, 0.3) is 5.57 Å². The molecule has 0 amide bonds. The summed E-state index contributed by atoms with van der Waals surface area (Å²) < 4.78 is 1.17. The van der Waals surface area contributed by atoms with Gasteiger partial charge in [-0.25, -0.2) is 0 Å². The minimum Gasteiger partial charge on any atom is -0.0667 e. The first-order chi connectivity index (χ1) is 12.7. The lowest BCUT2D eigenvalue weighted by atomic mass is 9.69. The third kappa shape index (κ3) is 5.47. The highest BCUT2D eigenvalue weighted by Gasteiger charge is 2.29. The van der Waals surface area contributed by atoms with Gasteiger partial charge in [0.1, 0.15) is 0 Å². The zero-order chi connectivity index (χ0) is 18.4. The first-order valence-corrected chi connectivity index (χ1v) is 11.9. The van der Waals surface area contributed by atoms with E-state index in [0.29, 0.717) is 0 Å². The normalized spacial score (nSPS) is 26.7. The van der Waals surface area contributed by atoms with Crippen LogP contribution in [-0.4, -0.2) is 0 Å². The lowest BCUT2D eigenvalue weighted by Crippen LogP contribution is -2.24. The number of hydrogen-bond donors (Lipinski definition) is 0. The van der Waals surface area contributed by atoms with Crippen molar-refractivity contribution in [3.63, 3.8) is 0 Å². The van der Waals surface area contributed by atoms with Crippen molar-refractivity contribution < 1.29 is 0 Å². The number of benzene rings is 1. The van der Waals surface area contributed by atoms with E-state index < -0.39 is 0 Å². The van der Waals surface area contributed by atoms with Gasteiger partial charge in [0.05, 0.1) is 0 Å². The van der Waals surface area contributed by atoms with Crippen molar-refractivity contribution >= 4 is 21.5 Å². The Hall–Kier alpha value is -0.560. The molecule has 2 saturated carbocycles. The van der Waals surface area contributed by atoms with E-state index in [2.05, 4.69) is 54.0 Å². The third-order valence-electron chi connectivity index (χ3n) is 7.22. The molecule has 144 valence electrons. The highest BCUT2D eigenvalue weighted by atomic mass is 79.9. The van der Waals surface area contributed by atoms with Gasteiger partial charge in [0, 0.05) is 4.47 Å². The maximum atomic E-state index is 3.55. The summed E-state index contributed by atoms with van der Waals surface area (Å²) in [7, 11) is 0. The molecule has 0 aromatic heterocycles. The van der Waals surface area contributed by atoms with Crippen molar-refractivity contribution in [3.05, 3.63) is 39.9 Å². The minimum atomic E-state index is 1.01. The quantitative estimate of drug-likeness (QED) is 0.406. The Labute approximate surface area is 170 Å². The smallest absolute Gasteiger partial charge is 0.0175 e. The van der Waals surface area contributed by atoms with E-state index in [4.69, 9.17) is 0 Å². The van der Waals surface area contributed by atoms with Crippen molar-refractivity contribution in [3.8, 4) is 0 Å². The predicted molar refractivity (Wildman–Crippen MR) is 118 cm³/mol. The predicted octanol–water partition coefficient (Wildman–Crippen LogP) is 8.80. The Morgan fingerprint density at radius 3 is 2.12 bits per heavy atom. The number of rotatable bonds is 6. The molecule has 0 spiro atoms. The van der Waals surface area contributed by atoms with Gasteiger partial charge in [0.15, 0.2) is 0 Å². The Morgan fingerprint density at radius 2 is 1.50 bits per heavy atom. The molecule has 1 aromatic carbocycles. The Morgan fingerprint density at radius 1 is 0.885 bits per heavy atom. The average molecular weight is 417 g/mol. The lowest BCUT2D eigenvalue weighted by molar-refractivity contribution is 0.173. The number of unbranched alkanes of at least 4 members (excludes halogenated alkanes) is 2. The molecule has 0 radical (unpaired) electrons. The first-order valence-electron chi connectivity index (χ1n) is 11.1. The van der Waals surface area contributed by atoms with Crippen molar-refractivity contribution in [2.45, 2.75) is 90.9 Å². The van der Waals surface area contributed by atoms with Gasteiger partial charge in [-0.2, -0.15) is 0 Å². The van der Waals surface area contributed by atoms with Crippen molar-refractivity contribution in [1.29, 1.82) is 0 Å². The van der Waals surface area contributed by atoms with Crippen LogP contribution < -0.4 is 0 Å². The number of hydrogen-bond acceptors (Lipinski definition) is 0. The molecule has 0 aliphatic heterocycles. The fourth-order valence-electron chi connectivity index (χ4n) is 5.37. The molecule has 3 rings (SSSR count). The minimum absolute atomic E-state index is 1.01. The van der Waals surface area contributed by atoms with Crippen LogP contribution >= 0.6 is 15.9 Å². The fourth-order valence-corrected chi connectivity index (χ4v) is 5.63. The SMILES string of the molecule is CCCCCC1CCC(C2CCC(=C(C)c3ccc(Br)cc3)CC2)CC1. The molecular weight excluding hydrogens is 380 g/mol. The zero-order valence-corrected chi connectivity index (χ0v) is 18.5. The summed E-state index contributed by atoms with van der Waals surface area (Å²) in [6, 6.07) is 8.87. The van der Waals surface area contributed by atoms with Gasteiger partial charge >= 0.3 is 0 Å². The molecule has 0 bridgehead atoms. The molecule has 26 heavy (non-hydrogen) atoms. The van der Waals surface area contributed by atoms with E-state index in [1.165, 1.54) is 92.7 Å². The van der Waals surface area contributed by atoms with Crippen LogP contribution in [0, 0.1) is 17.8 Å². The molecule has 1 heteroatoms. The van der Waals surface area contributed by atoms with Gasteiger partial charge in [-0.15, -0.1) is 0 Å². The largest absolute Gasteiger partial charge is 0.0667 e. The molecule has 1 aromatic rings. The highest BCUT2D eigenvalue weighted by Crippen LogP contribution is 2.43. The second-order valence-electron chi connectivity index (χ2n) is 8.85.